The standard InChI is InChI=1S/C14H17N3O3S/c1-21(19,20)9-7-11(15)14(18)17-13-6-2-5-12-10(13)4-3-8-16-12/h2-6,8,11H,7,9,15H2,1H3,(H,17,18). The number of amides is 1. The second kappa shape index (κ2) is 6.19. The van der Waals surface area contributed by atoms with E-state index in [-0.39, 0.29) is 12.2 Å². The number of nitrogens with zero attached hydrogens (tertiary/aromatic N) is 1. The van der Waals surface area contributed by atoms with Crippen molar-refractivity contribution >= 4 is 32.3 Å². The van der Waals surface area contributed by atoms with Gasteiger partial charge in [0.05, 0.1) is 23.0 Å². The van der Waals surface area contributed by atoms with Crippen LogP contribution in [0.15, 0.2) is 36.5 Å². The molecule has 0 aliphatic heterocycles. The molecule has 0 radical (unpaired) electrons. The van der Waals surface area contributed by atoms with Crippen LogP contribution in [0.5, 0.6) is 0 Å². The fourth-order valence-electron chi connectivity index (χ4n) is 1.91. The lowest BCUT2D eigenvalue weighted by Crippen LogP contribution is -2.37. The van der Waals surface area contributed by atoms with E-state index in [1.165, 1.54) is 0 Å². The molecular weight excluding hydrogens is 290 g/mol. The zero-order chi connectivity index (χ0) is 15.5. The predicted octanol–water partition coefficient (Wildman–Crippen LogP) is 0.935. The summed E-state index contributed by atoms with van der Waals surface area (Å²) in [7, 11) is -3.13. The van der Waals surface area contributed by atoms with Crippen LogP contribution >= 0.6 is 0 Å². The van der Waals surface area contributed by atoms with Crippen LogP contribution < -0.4 is 11.1 Å². The highest BCUT2D eigenvalue weighted by Gasteiger charge is 2.16. The van der Waals surface area contributed by atoms with Gasteiger partial charge in [0, 0.05) is 17.8 Å². The van der Waals surface area contributed by atoms with Crippen LogP contribution in [0.3, 0.4) is 0 Å². The van der Waals surface area contributed by atoms with Gasteiger partial charge in [-0.25, -0.2) is 8.42 Å². The summed E-state index contributed by atoms with van der Waals surface area (Å²) in [5.74, 6) is -0.520. The SMILES string of the molecule is CS(=O)(=O)CCC(N)C(=O)Nc1cccc2ncccc12. The summed E-state index contributed by atoms with van der Waals surface area (Å²) < 4.78 is 22.2. The van der Waals surface area contributed by atoms with Crippen molar-refractivity contribution < 1.29 is 13.2 Å². The fourth-order valence-corrected chi connectivity index (χ4v) is 2.59. The number of nitrogens with one attached hydrogen (secondary N) is 1. The maximum atomic E-state index is 12.0. The summed E-state index contributed by atoms with van der Waals surface area (Å²) in [6, 6.07) is 8.14. The zero-order valence-electron chi connectivity index (χ0n) is 11.6. The number of fused-ring (bicyclic) bond motifs is 1. The van der Waals surface area contributed by atoms with E-state index in [1.54, 1.807) is 24.4 Å². The summed E-state index contributed by atoms with van der Waals surface area (Å²) in [5.41, 5.74) is 7.10. The molecule has 3 N–H and O–H groups in total. The number of carbonyl (C=O) groups is 1. The molecule has 1 heterocycles. The van der Waals surface area contributed by atoms with Crippen LogP contribution in [0.4, 0.5) is 5.69 Å². The minimum Gasteiger partial charge on any atom is -0.324 e. The normalized spacial score (nSPS) is 13.0. The molecule has 1 unspecified atom stereocenters. The van der Waals surface area contributed by atoms with Gasteiger partial charge in [0.1, 0.15) is 9.84 Å². The number of anilines is 1. The molecule has 2 aromatic rings. The van der Waals surface area contributed by atoms with Gasteiger partial charge in [-0.05, 0) is 30.7 Å². The molecule has 1 atom stereocenters. The Morgan fingerprint density at radius 3 is 2.81 bits per heavy atom. The number of benzene rings is 1. The van der Waals surface area contributed by atoms with Crippen molar-refractivity contribution in [2.45, 2.75) is 12.5 Å². The smallest absolute Gasteiger partial charge is 0.241 e. The third kappa shape index (κ3) is 4.24. The molecule has 0 spiro atoms. The molecule has 2 rings (SSSR count). The van der Waals surface area contributed by atoms with E-state index < -0.39 is 21.8 Å². The van der Waals surface area contributed by atoms with Crippen molar-refractivity contribution in [3.63, 3.8) is 0 Å². The van der Waals surface area contributed by atoms with Gasteiger partial charge in [-0.2, -0.15) is 0 Å². The van der Waals surface area contributed by atoms with E-state index in [0.717, 1.165) is 17.2 Å². The highest BCUT2D eigenvalue weighted by atomic mass is 32.2. The minimum atomic E-state index is -3.13. The van der Waals surface area contributed by atoms with Gasteiger partial charge in [-0.1, -0.05) is 6.07 Å². The highest BCUT2D eigenvalue weighted by Crippen LogP contribution is 2.21. The number of pyridine rings is 1. The van der Waals surface area contributed by atoms with Crippen molar-refractivity contribution in [2.75, 3.05) is 17.3 Å². The molecular formula is C14H17N3O3S. The first-order valence-corrected chi connectivity index (χ1v) is 8.51. The van der Waals surface area contributed by atoms with Gasteiger partial charge in [-0.3, -0.25) is 9.78 Å². The summed E-state index contributed by atoms with van der Waals surface area (Å²) >= 11 is 0. The number of rotatable bonds is 5. The predicted molar refractivity (Wildman–Crippen MR) is 82.7 cm³/mol. The van der Waals surface area contributed by atoms with E-state index in [1.807, 2.05) is 12.1 Å². The van der Waals surface area contributed by atoms with Crippen LogP contribution in [0, 0.1) is 0 Å². The molecule has 7 heteroatoms. The number of hydrogen-bond donors (Lipinski definition) is 2. The van der Waals surface area contributed by atoms with Gasteiger partial charge >= 0.3 is 0 Å². The third-order valence-corrected chi connectivity index (χ3v) is 4.02. The largest absolute Gasteiger partial charge is 0.324 e. The van der Waals surface area contributed by atoms with Crippen LogP contribution in [-0.4, -0.2) is 37.4 Å². The van der Waals surface area contributed by atoms with Crippen LogP contribution in [0.25, 0.3) is 10.9 Å². The van der Waals surface area contributed by atoms with E-state index in [0.29, 0.717) is 5.69 Å². The lowest BCUT2D eigenvalue weighted by molar-refractivity contribution is -0.117. The maximum Gasteiger partial charge on any atom is 0.241 e. The van der Waals surface area contributed by atoms with Crippen molar-refractivity contribution in [2.24, 2.45) is 5.73 Å². The average Bonchev–Trinajstić information content (AvgIpc) is 2.44. The van der Waals surface area contributed by atoms with Crippen molar-refractivity contribution in [3.05, 3.63) is 36.5 Å². The van der Waals surface area contributed by atoms with Gasteiger partial charge < -0.3 is 11.1 Å². The van der Waals surface area contributed by atoms with Crippen molar-refractivity contribution in [1.29, 1.82) is 0 Å². The van der Waals surface area contributed by atoms with E-state index in [4.69, 9.17) is 5.73 Å². The molecule has 0 fully saturated rings. The highest BCUT2D eigenvalue weighted by molar-refractivity contribution is 7.90. The second-order valence-electron chi connectivity index (χ2n) is 4.89. The summed E-state index contributed by atoms with van der Waals surface area (Å²) in [6.45, 7) is 0. The number of aromatic nitrogens is 1. The topological polar surface area (TPSA) is 102 Å². The molecule has 0 aliphatic rings. The number of carbonyl (C=O) groups excluding carboxylic acids is 1. The molecule has 0 saturated heterocycles. The Labute approximate surface area is 123 Å². The lowest BCUT2D eigenvalue weighted by Gasteiger charge is -2.13. The first kappa shape index (κ1) is 15.4. The molecule has 0 aliphatic carbocycles. The van der Waals surface area contributed by atoms with Gasteiger partial charge in [0.2, 0.25) is 5.91 Å². The van der Waals surface area contributed by atoms with E-state index in [2.05, 4.69) is 10.3 Å². The van der Waals surface area contributed by atoms with Crippen LogP contribution in [0.1, 0.15) is 6.42 Å². The van der Waals surface area contributed by atoms with Gasteiger partial charge in [-0.15, -0.1) is 0 Å². The monoisotopic (exact) mass is 307 g/mol. The van der Waals surface area contributed by atoms with Crippen molar-refractivity contribution in [3.8, 4) is 0 Å². The number of sulfone groups is 1. The zero-order valence-corrected chi connectivity index (χ0v) is 12.4. The Morgan fingerprint density at radius 1 is 1.33 bits per heavy atom. The first-order valence-electron chi connectivity index (χ1n) is 6.45. The van der Waals surface area contributed by atoms with E-state index in [9.17, 15) is 13.2 Å². The van der Waals surface area contributed by atoms with Gasteiger partial charge in [0.25, 0.3) is 0 Å². The summed E-state index contributed by atoms with van der Waals surface area (Å²) in [4.78, 5) is 16.2. The average molecular weight is 307 g/mol. The molecule has 112 valence electrons. The molecule has 6 nitrogen and oxygen atoms in total. The Balaban J connectivity index is 2.11. The molecule has 1 amide bonds. The summed E-state index contributed by atoms with van der Waals surface area (Å²) in [5, 5.41) is 3.53. The number of hydrogen-bond acceptors (Lipinski definition) is 5. The Bertz CT molecular complexity index is 754. The molecule has 0 bridgehead atoms. The first-order chi connectivity index (χ1) is 9.87. The van der Waals surface area contributed by atoms with Crippen LogP contribution in [-0.2, 0) is 14.6 Å². The number of nitrogens with two attached hydrogens (primary N) is 1. The third-order valence-electron chi connectivity index (χ3n) is 3.04. The summed E-state index contributed by atoms with van der Waals surface area (Å²) in [6.07, 6.45) is 2.88. The van der Waals surface area contributed by atoms with Gasteiger partial charge in [0.15, 0.2) is 0 Å². The minimum absolute atomic E-state index is 0.0910. The lowest BCUT2D eigenvalue weighted by atomic mass is 10.1. The molecule has 0 saturated carbocycles. The molecule has 1 aromatic heterocycles. The van der Waals surface area contributed by atoms with Crippen molar-refractivity contribution in [1.82, 2.24) is 4.98 Å². The Morgan fingerprint density at radius 2 is 2.10 bits per heavy atom. The Kier molecular flexibility index (Phi) is 4.54. The fraction of sp³-hybridized carbons (Fsp3) is 0.286. The van der Waals surface area contributed by atoms with Crippen LogP contribution in [0.2, 0.25) is 0 Å². The second-order valence-corrected chi connectivity index (χ2v) is 7.15. The molecule has 21 heavy (non-hydrogen) atoms. The molecule has 1 aromatic carbocycles. The van der Waals surface area contributed by atoms with E-state index >= 15 is 0 Å². The quantitative estimate of drug-likeness (QED) is 0.855. The maximum absolute atomic E-state index is 12.0. The Hall–Kier alpha value is -1.99.